The molecule has 0 radical (unpaired) electrons. The molecular weight excluding hydrogens is 509 g/mol. The number of hydrogen-bond acceptors (Lipinski definition) is 6. The van der Waals surface area contributed by atoms with Gasteiger partial charge < -0.3 is 15.7 Å². The van der Waals surface area contributed by atoms with Crippen molar-refractivity contribution in [2.75, 3.05) is 12.3 Å². The highest BCUT2D eigenvalue weighted by Crippen LogP contribution is 2.39. The van der Waals surface area contributed by atoms with Crippen LogP contribution in [0.15, 0.2) is 55.0 Å². The van der Waals surface area contributed by atoms with Crippen molar-refractivity contribution in [2.24, 2.45) is 0 Å². The van der Waals surface area contributed by atoms with Gasteiger partial charge >= 0.3 is 6.18 Å². The van der Waals surface area contributed by atoms with Gasteiger partial charge in [0.2, 0.25) is 5.91 Å². The van der Waals surface area contributed by atoms with E-state index in [0.717, 1.165) is 42.9 Å². The smallest absolute Gasteiger partial charge is 0.382 e. The Kier molecular flexibility index (Phi) is 5.87. The third-order valence-corrected chi connectivity index (χ3v) is 8.03. The normalized spacial score (nSPS) is 21.3. The molecule has 6 rings (SSSR count). The molecule has 4 aromatic rings. The van der Waals surface area contributed by atoms with Gasteiger partial charge in [0.15, 0.2) is 0 Å². The van der Waals surface area contributed by atoms with Gasteiger partial charge in [-0.05, 0) is 49.4 Å². The predicted octanol–water partition coefficient (Wildman–Crippen LogP) is 4.52. The first-order valence-electron chi connectivity index (χ1n) is 12.8. The monoisotopic (exact) mass is 536 g/mol. The molecule has 1 aromatic carbocycles. The first-order chi connectivity index (χ1) is 18.5. The van der Waals surface area contributed by atoms with Gasteiger partial charge in [-0.15, -0.1) is 0 Å². The largest absolute Gasteiger partial charge is 0.433 e. The number of amides is 1. The van der Waals surface area contributed by atoms with Crippen LogP contribution in [0, 0.1) is 0 Å². The van der Waals surface area contributed by atoms with Crippen LogP contribution in [-0.2, 0) is 16.6 Å². The molecule has 3 aromatic heterocycles. The fourth-order valence-electron chi connectivity index (χ4n) is 5.86. The Labute approximate surface area is 222 Å². The minimum atomic E-state index is -4.62. The van der Waals surface area contributed by atoms with Crippen LogP contribution in [0.25, 0.3) is 16.8 Å². The van der Waals surface area contributed by atoms with Crippen LogP contribution in [0.1, 0.15) is 61.2 Å². The lowest BCUT2D eigenvalue weighted by molar-refractivity contribution is -0.141. The van der Waals surface area contributed by atoms with E-state index in [1.807, 2.05) is 15.5 Å². The molecular formula is C28H27F3N6O2. The van der Waals surface area contributed by atoms with Gasteiger partial charge in [0.1, 0.15) is 34.1 Å². The van der Waals surface area contributed by atoms with Gasteiger partial charge in [-0.2, -0.15) is 13.2 Å². The maximum absolute atomic E-state index is 13.2. The first kappa shape index (κ1) is 25.3. The highest BCUT2D eigenvalue weighted by Gasteiger charge is 2.39. The summed E-state index contributed by atoms with van der Waals surface area (Å²) < 4.78 is 41.5. The number of imidazole rings is 1. The Bertz CT molecular complexity index is 1560. The molecule has 2 aliphatic heterocycles. The van der Waals surface area contributed by atoms with Crippen LogP contribution in [0.2, 0.25) is 0 Å². The van der Waals surface area contributed by atoms with Crippen molar-refractivity contribution in [1.82, 2.24) is 24.3 Å². The van der Waals surface area contributed by atoms with E-state index in [1.54, 1.807) is 30.5 Å². The SMILES string of the molecule is CC(O)(c1ccc(-c2nc([C@@H]3CC[C@H]4CCC(=O)N4C3)n3ccnc(N)c23)cc1)c1ccnc(C(F)(F)F)c1. The quantitative estimate of drug-likeness (QED) is 0.397. The maximum atomic E-state index is 13.2. The van der Waals surface area contributed by atoms with Crippen molar-refractivity contribution in [2.45, 2.75) is 56.3 Å². The standard InChI is InChI=1S/C28H27F3N6O2/c1-27(39,19-10-11-33-21(14-19)28(29,30)31)18-5-2-16(3-6-18)23-24-25(32)34-12-13-36(24)26(35-23)17-4-7-20-8-9-22(38)37(20)15-17/h2-3,5-6,10-14,17,20,39H,4,7-9,15H2,1H3,(H2,32,34)/t17-,20+,27?/m1/s1. The average Bonchev–Trinajstić information content (AvgIpc) is 3.50. The summed E-state index contributed by atoms with van der Waals surface area (Å²) in [6.45, 7) is 2.05. The summed E-state index contributed by atoms with van der Waals surface area (Å²) >= 11 is 0. The molecule has 1 amide bonds. The van der Waals surface area contributed by atoms with Gasteiger partial charge in [0, 0.05) is 49.1 Å². The van der Waals surface area contributed by atoms with Gasteiger partial charge in [0.25, 0.3) is 0 Å². The van der Waals surface area contributed by atoms with Gasteiger partial charge in [0.05, 0.1) is 0 Å². The number of rotatable bonds is 4. The van der Waals surface area contributed by atoms with E-state index in [1.165, 1.54) is 13.0 Å². The number of fused-ring (bicyclic) bond motifs is 2. The Hall–Kier alpha value is -3.99. The van der Waals surface area contributed by atoms with Crippen molar-refractivity contribution in [3.05, 3.63) is 77.6 Å². The van der Waals surface area contributed by atoms with Crippen LogP contribution >= 0.6 is 0 Å². The number of nitrogen functional groups attached to an aromatic ring is 1. The number of anilines is 1. The molecule has 5 heterocycles. The number of halogens is 3. The second-order valence-electron chi connectivity index (χ2n) is 10.4. The number of aliphatic hydroxyl groups is 1. The van der Waals surface area contributed by atoms with Crippen molar-refractivity contribution >= 4 is 17.2 Å². The topological polar surface area (TPSA) is 110 Å². The van der Waals surface area contributed by atoms with Crippen molar-refractivity contribution in [3.8, 4) is 11.3 Å². The molecule has 0 bridgehead atoms. The molecule has 11 heteroatoms. The molecule has 0 aliphatic carbocycles. The van der Waals surface area contributed by atoms with E-state index in [-0.39, 0.29) is 17.4 Å². The zero-order chi connectivity index (χ0) is 27.5. The lowest BCUT2D eigenvalue weighted by Gasteiger charge is -2.34. The van der Waals surface area contributed by atoms with E-state index in [2.05, 4.69) is 9.97 Å². The van der Waals surface area contributed by atoms with Gasteiger partial charge in [-0.3, -0.25) is 14.2 Å². The molecule has 39 heavy (non-hydrogen) atoms. The molecule has 2 fully saturated rings. The zero-order valence-electron chi connectivity index (χ0n) is 21.2. The number of piperidine rings is 1. The molecule has 8 nitrogen and oxygen atoms in total. The highest BCUT2D eigenvalue weighted by atomic mass is 19.4. The number of pyridine rings is 1. The van der Waals surface area contributed by atoms with Crippen LogP contribution in [-0.4, -0.2) is 47.9 Å². The molecule has 1 unspecified atom stereocenters. The minimum absolute atomic E-state index is 0.0425. The van der Waals surface area contributed by atoms with Gasteiger partial charge in [-0.1, -0.05) is 24.3 Å². The number of hydrogen-bond donors (Lipinski definition) is 2. The molecule has 3 N–H and O–H groups in total. The molecule has 0 spiro atoms. The Morgan fingerprint density at radius 1 is 1.03 bits per heavy atom. The lowest BCUT2D eigenvalue weighted by atomic mass is 9.87. The number of carbonyl (C=O) groups is 1. The van der Waals surface area contributed by atoms with Crippen LogP contribution in [0.4, 0.5) is 19.0 Å². The number of carbonyl (C=O) groups excluding carboxylic acids is 1. The van der Waals surface area contributed by atoms with E-state index in [0.29, 0.717) is 41.6 Å². The fraction of sp³-hybridized carbons (Fsp3) is 0.357. The first-order valence-corrected chi connectivity index (χ1v) is 12.8. The number of nitrogens with two attached hydrogens (primary N) is 1. The Morgan fingerprint density at radius 2 is 1.79 bits per heavy atom. The van der Waals surface area contributed by atoms with E-state index in [4.69, 9.17) is 10.7 Å². The molecule has 0 saturated carbocycles. The zero-order valence-corrected chi connectivity index (χ0v) is 21.2. The van der Waals surface area contributed by atoms with Crippen molar-refractivity contribution < 1.29 is 23.1 Å². The number of aromatic nitrogens is 4. The maximum Gasteiger partial charge on any atom is 0.433 e. The number of alkyl halides is 3. The van der Waals surface area contributed by atoms with E-state index >= 15 is 0 Å². The molecule has 3 atom stereocenters. The van der Waals surface area contributed by atoms with Crippen molar-refractivity contribution in [3.63, 3.8) is 0 Å². The van der Waals surface area contributed by atoms with Crippen molar-refractivity contribution in [1.29, 1.82) is 0 Å². The minimum Gasteiger partial charge on any atom is -0.382 e. The summed E-state index contributed by atoms with van der Waals surface area (Å²) in [4.78, 5) is 27.0. The van der Waals surface area contributed by atoms with Crippen LogP contribution in [0.5, 0.6) is 0 Å². The summed E-state index contributed by atoms with van der Waals surface area (Å²) in [7, 11) is 0. The third-order valence-electron chi connectivity index (χ3n) is 8.03. The predicted molar refractivity (Wildman–Crippen MR) is 137 cm³/mol. The summed E-state index contributed by atoms with van der Waals surface area (Å²) in [6.07, 6.45) is 3.19. The average molecular weight is 537 g/mol. The van der Waals surface area contributed by atoms with E-state index < -0.39 is 17.5 Å². The fourth-order valence-corrected chi connectivity index (χ4v) is 5.86. The van der Waals surface area contributed by atoms with Gasteiger partial charge in [-0.25, -0.2) is 9.97 Å². The second kappa shape index (κ2) is 9.04. The summed E-state index contributed by atoms with van der Waals surface area (Å²) in [5.74, 6) is 1.34. The van der Waals surface area contributed by atoms with E-state index in [9.17, 15) is 23.1 Å². The Balaban J connectivity index is 1.36. The summed E-state index contributed by atoms with van der Waals surface area (Å²) in [5, 5.41) is 11.2. The lowest BCUT2D eigenvalue weighted by Crippen LogP contribution is -2.41. The molecule has 2 aliphatic rings. The highest BCUT2D eigenvalue weighted by molar-refractivity contribution is 5.85. The number of benzene rings is 1. The Morgan fingerprint density at radius 3 is 2.54 bits per heavy atom. The summed E-state index contributed by atoms with van der Waals surface area (Å²) in [6, 6.07) is 9.37. The second-order valence-corrected chi connectivity index (χ2v) is 10.4. The van der Waals surface area contributed by atoms with Crippen LogP contribution < -0.4 is 5.73 Å². The third kappa shape index (κ3) is 4.30. The summed E-state index contributed by atoms with van der Waals surface area (Å²) in [5.41, 5.74) is 5.99. The van der Waals surface area contributed by atoms with Crippen LogP contribution in [0.3, 0.4) is 0 Å². The number of nitrogens with zero attached hydrogens (tertiary/aromatic N) is 5. The molecule has 202 valence electrons. The molecule has 2 saturated heterocycles.